The number of carbonyl (C=O) groups is 1. The van der Waals surface area contributed by atoms with Crippen molar-refractivity contribution in [1.29, 1.82) is 0 Å². The Balaban J connectivity index is 1.51. The second kappa shape index (κ2) is 10.3. The highest BCUT2D eigenvalue weighted by Gasteiger charge is 2.19. The third kappa shape index (κ3) is 5.05. The molecule has 0 aliphatic carbocycles. The van der Waals surface area contributed by atoms with E-state index in [-0.39, 0.29) is 5.56 Å². The summed E-state index contributed by atoms with van der Waals surface area (Å²) in [6.45, 7) is 6.45. The highest BCUT2D eigenvalue weighted by Crippen LogP contribution is 2.37. The Morgan fingerprint density at radius 2 is 1.86 bits per heavy atom. The van der Waals surface area contributed by atoms with Gasteiger partial charge in [0.15, 0.2) is 0 Å². The van der Waals surface area contributed by atoms with Crippen molar-refractivity contribution in [2.75, 3.05) is 36.5 Å². The third-order valence-corrected chi connectivity index (χ3v) is 6.93. The molecule has 190 valence electrons. The Bertz CT molecular complexity index is 1470. The summed E-state index contributed by atoms with van der Waals surface area (Å²) in [7, 11) is 0. The van der Waals surface area contributed by atoms with Crippen LogP contribution in [0.4, 0.5) is 16.0 Å². The lowest BCUT2D eigenvalue weighted by molar-refractivity contribution is 0.1000. The molecule has 4 aromatic rings. The molecule has 3 N–H and O–H groups in total. The molecule has 2 aromatic heterocycles. The first-order valence-corrected chi connectivity index (χ1v) is 12.3. The Hall–Kier alpha value is -3.82. The van der Waals surface area contributed by atoms with Gasteiger partial charge in [0.2, 0.25) is 11.9 Å². The van der Waals surface area contributed by atoms with E-state index in [1.807, 2.05) is 25.1 Å². The minimum atomic E-state index is -0.622. The number of fused-ring (bicyclic) bond motifs is 1. The van der Waals surface area contributed by atoms with Crippen LogP contribution in [0.3, 0.4) is 0 Å². The summed E-state index contributed by atoms with van der Waals surface area (Å²) in [5.41, 5.74) is 9.66. The zero-order chi connectivity index (χ0) is 26.1. The van der Waals surface area contributed by atoms with Crippen LogP contribution >= 0.6 is 11.6 Å². The molecule has 1 unspecified atom stereocenters. The number of rotatable bonds is 6. The standard InChI is InChI=1S/C27H26ClFN6O2/c1-15(20-12-18(26(30)36)3-5-22(20)29)34-25-21-11-17(4-6-23(21)33-16(2)24(25)28)19-13-31-27(32-14-19)35-7-9-37-10-8-35/h3-6,11-15H,7-10H2,1-2H3,(H2,30,36)(H,33,34). The number of amides is 1. The summed E-state index contributed by atoms with van der Waals surface area (Å²) in [5, 5.41) is 4.53. The van der Waals surface area contributed by atoms with E-state index in [1.165, 1.54) is 18.2 Å². The first-order valence-electron chi connectivity index (χ1n) is 11.9. The molecular formula is C27H26ClFN6O2. The number of halogens is 2. The number of nitrogens with two attached hydrogens (primary N) is 1. The predicted molar refractivity (Wildman–Crippen MR) is 143 cm³/mol. The number of morpholine rings is 1. The molecule has 1 atom stereocenters. The number of aromatic nitrogens is 3. The Morgan fingerprint density at radius 1 is 1.14 bits per heavy atom. The van der Waals surface area contributed by atoms with Gasteiger partial charge >= 0.3 is 0 Å². The fourth-order valence-corrected chi connectivity index (χ4v) is 4.60. The van der Waals surface area contributed by atoms with Gasteiger partial charge in [-0.25, -0.2) is 14.4 Å². The van der Waals surface area contributed by atoms with Crippen LogP contribution in [-0.4, -0.2) is 47.2 Å². The molecule has 0 radical (unpaired) electrons. The Kier molecular flexibility index (Phi) is 6.90. The van der Waals surface area contributed by atoms with Crippen molar-refractivity contribution in [2.45, 2.75) is 19.9 Å². The van der Waals surface area contributed by atoms with Crippen molar-refractivity contribution < 1.29 is 13.9 Å². The number of benzene rings is 2. The minimum absolute atomic E-state index is 0.231. The van der Waals surface area contributed by atoms with Crippen LogP contribution in [0.25, 0.3) is 22.0 Å². The fourth-order valence-electron chi connectivity index (χ4n) is 4.40. The Labute approximate surface area is 218 Å². The molecule has 37 heavy (non-hydrogen) atoms. The average Bonchev–Trinajstić information content (AvgIpc) is 2.91. The van der Waals surface area contributed by atoms with Gasteiger partial charge in [-0.2, -0.15) is 0 Å². The van der Waals surface area contributed by atoms with E-state index >= 15 is 0 Å². The van der Waals surface area contributed by atoms with Gasteiger partial charge in [0.05, 0.1) is 41.2 Å². The van der Waals surface area contributed by atoms with Crippen LogP contribution in [0.2, 0.25) is 5.02 Å². The van der Waals surface area contributed by atoms with Gasteiger partial charge in [0, 0.05) is 47.6 Å². The molecule has 5 rings (SSSR count). The largest absolute Gasteiger partial charge is 0.378 e. The topological polar surface area (TPSA) is 106 Å². The van der Waals surface area contributed by atoms with E-state index < -0.39 is 17.8 Å². The van der Waals surface area contributed by atoms with Crippen molar-refractivity contribution in [1.82, 2.24) is 15.0 Å². The van der Waals surface area contributed by atoms with Gasteiger partial charge in [-0.05, 0) is 49.7 Å². The first-order chi connectivity index (χ1) is 17.8. The first kappa shape index (κ1) is 24.9. The van der Waals surface area contributed by atoms with Gasteiger partial charge in [-0.1, -0.05) is 17.7 Å². The number of primary amides is 1. The van der Waals surface area contributed by atoms with Gasteiger partial charge in [-0.3, -0.25) is 9.78 Å². The number of hydrogen-bond donors (Lipinski definition) is 2. The number of carbonyl (C=O) groups excluding carboxylic acids is 1. The maximum Gasteiger partial charge on any atom is 0.248 e. The molecule has 0 bridgehead atoms. The molecular weight excluding hydrogens is 495 g/mol. The summed E-state index contributed by atoms with van der Waals surface area (Å²) in [4.78, 5) is 27.5. The highest BCUT2D eigenvalue weighted by atomic mass is 35.5. The molecule has 10 heteroatoms. The summed E-state index contributed by atoms with van der Waals surface area (Å²) in [5.74, 6) is -0.401. The van der Waals surface area contributed by atoms with Crippen LogP contribution in [0, 0.1) is 12.7 Å². The normalized spacial score (nSPS) is 14.5. The number of anilines is 2. The van der Waals surface area contributed by atoms with Gasteiger partial charge in [0.1, 0.15) is 5.82 Å². The average molecular weight is 521 g/mol. The molecule has 2 aromatic carbocycles. The molecule has 0 saturated carbocycles. The molecule has 1 amide bonds. The lowest BCUT2D eigenvalue weighted by Crippen LogP contribution is -2.37. The second-order valence-electron chi connectivity index (χ2n) is 8.96. The zero-order valence-electron chi connectivity index (χ0n) is 20.5. The maximum atomic E-state index is 14.7. The number of ether oxygens (including phenoxy) is 1. The van der Waals surface area contributed by atoms with Gasteiger partial charge in [0.25, 0.3) is 0 Å². The van der Waals surface area contributed by atoms with Crippen LogP contribution in [0.5, 0.6) is 0 Å². The fraction of sp³-hybridized carbons (Fsp3) is 0.259. The molecule has 1 aliphatic heterocycles. The van der Waals surface area contributed by atoms with Gasteiger partial charge in [-0.15, -0.1) is 0 Å². The maximum absolute atomic E-state index is 14.7. The number of nitrogens with one attached hydrogen (secondary N) is 1. The second-order valence-corrected chi connectivity index (χ2v) is 9.33. The van der Waals surface area contributed by atoms with Crippen LogP contribution < -0.4 is 16.0 Å². The third-order valence-electron chi connectivity index (χ3n) is 6.46. The number of pyridine rings is 1. The predicted octanol–water partition coefficient (Wildman–Crippen LogP) is 4.90. The van der Waals surface area contributed by atoms with Crippen LogP contribution in [0.1, 0.15) is 34.6 Å². The summed E-state index contributed by atoms with van der Waals surface area (Å²) in [6, 6.07) is 9.38. The van der Waals surface area contributed by atoms with Crippen molar-refractivity contribution in [3.05, 3.63) is 76.5 Å². The van der Waals surface area contributed by atoms with Gasteiger partial charge < -0.3 is 20.7 Å². The lowest BCUT2D eigenvalue weighted by atomic mass is 10.0. The molecule has 1 saturated heterocycles. The van der Waals surface area contributed by atoms with E-state index in [0.717, 1.165) is 35.1 Å². The summed E-state index contributed by atoms with van der Waals surface area (Å²) < 4.78 is 20.1. The highest BCUT2D eigenvalue weighted by molar-refractivity contribution is 6.35. The van der Waals surface area contributed by atoms with Crippen LogP contribution in [-0.2, 0) is 4.74 Å². The minimum Gasteiger partial charge on any atom is -0.378 e. The van der Waals surface area contributed by atoms with E-state index in [9.17, 15) is 9.18 Å². The van der Waals surface area contributed by atoms with E-state index in [2.05, 4.69) is 25.2 Å². The summed E-state index contributed by atoms with van der Waals surface area (Å²) in [6.07, 6.45) is 3.59. The molecule has 3 heterocycles. The van der Waals surface area contributed by atoms with E-state index in [4.69, 9.17) is 22.1 Å². The zero-order valence-corrected chi connectivity index (χ0v) is 21.2. The number of aryl methyl sites for hydroxylation is 1. The van der Waals surface area contributed by atoms with E-state index in [1.54, 1.807) is 19.3 Å². The smallest absolute Gasteiger partial charge is 0.248 e. The monoisotopic (exact) mass is 520 g/mol. The molecule has 1 fully saturated rings. The number of hydrogen-bond acceptors (Lipinski definition) is 7. The van der Waals surface area contributed by atoms with Crippen LogP contribution in [0.15, 0.2) is 48.8 Å². The van der Waals surface area contributed by atoms with Crippen molar-refractivity contribution >= 4 is 40.0 Å². The SMILES string of the molecule is Cc1nc2ccc(-c3cnc(N4CCOCC4)nc3)cc2c(NC(C)c2cc(C(N)=O)ccc2F)c1Cl. The molecule has 1 aliphatic rings. The van der Waals surface area contributed by atoms with Crippen molar-refractivity contribution in [2.24, 2.45) is 5.73 Å². The van der Waals surface area contributed by atoms with Crippen molar-refractivity contribution in [3.63, 3.8) is 0 Å². The number of nitrogens with zero attached hydrogens (tertiary/aromatic N) is 4. The molecule has 0 spiro atoms. The Morgan fingerprint density at radius 3 is 2.57 bits per heavy atom. The quantitative estimate of drug-likeness (QED) is 0.372. The van der Waals surface area contributed by atoms with E-state index in [0.29, 0.717) is 41.1 Å². The molecule has 8 nitrogen and oxygen atoms in total. The van der Waals surface area contributed by atoms with Crippen molar-refractivity contribution in [3.8, 4) is 11.1 Å². The lowest BCUT2D eigenvalue weighted by Gasteiger charge is -2.26. The summed E-state index contributed by atoms with van der Waals surface area (Å²) >= 11 is 6.70.